The van der Waals surface area contributed by atoms with E-state index >= 15 is 0 Å². The highest BCUT2D eigenvalue weighted by Gasteiger charge is 2.47. The molecule has 0 unspecified atom stereocenters. The number of halogens is 2. The van der Waals surface area contributed by atoms with Gasteiger partial charge in [-0.1, -0.05) is 17.3 Å². The Labute approximate surface area is 193 Å². The standard InChI is InChI=1S/C19H11F2N7O2S3/c20-15(21)17-25-26-18(32-17)16-24-7-14-11(1-2-12-6-23-10-31-12)5-13(8-28(14)16)33(29,30)27-19(9-22)3-4-19/h5-8,10,15,27H,3-4H2. The molecule has 4 aromatic rings. The Morgan fingerprint density at radius 1 is 1.24 bits per heavy atom. The number of hydrogen-bond donors (Lipinski definition) is 1. The van der Waals surface area contributed by atoms with Crippen LogP contribution in [0.2, 0.25) is 0 Å². The summed E-state index contributed by atoms with van der Waals surface area (Å²) in [6.45, 7) is 0. The number of nitrogens with zero attached hydrogens (tertiary/aromatic N) is 6. The second-order valence-electron chi connectivity index (χ2n) is 7.09. The minimum atomic E-state index is -4.09. The maximum absolute atomic E-state index is 13.1. The van der Waals surface area contributed by atoms with Crippen molar-refractivity contribution in [2.24, 2.45) is 0 Å². The van der Waals surface area contributed by atoms with Crippen LogP contribution >= 0.6 is 22.7 Å². The summed E-state index contributed by atoms with van der Waals surface area (Å²) >= 11 is 1.98. The second-order valence-corrected chi connectivity index (χ2v) is 10.7. The van der Waals surface area contributed by atoms with E-state index in [9.17, 15) is 22.5 Å². The van der Waals surface area contributed by atoms with Gasteiger partial charge in [0.2, 0.25) is 10.0 Å². The molecule has 1 N–H and O–H groups in total. The molecule has 0 aromatic carbocycles. The van der Waals surface area contributed by atoms with Gasteiger partial charge in [0.25, 0.3) is 6.43 Å². The van der Waals surface area contributed by atoms with E-state index in [1.807, 2.05) is 6.07 Å². The van der Waals surface area contributed by atoms with E-state index in [4.69, 9.17) is 0 Å². The molecule has 1 fully saturated rings. The van der Waals surface area contributed by atoms with Crippen molar-refractivity contribution in [3.8, 4) is 28.7 Å². The second kappa shape index (κ2) is 7.93. The molecule has 4 aromatic heterocycles. The number of nitriles is 1. The first-order valence-corrected chi connectivity index (χ1v) is 12.5. The van der Waals surface area contributed by atoms with Gasteiger partial charge in [-0.05, 0) is 24.8 Å². The molecule has 1 saturated carbocycles. The average molecular weight is 504 g/mol. The molecule has 1 aliphatic rings. The van der Waals surface area contributed by atoms with Gasteiger partial charge in [-0.3, -0.25) is 9.38 Å². The normalized spacial score (nSPS) is 14.7. The lowest BCUT2D eigenvalue weighted by molar-refractivity contribution is 0.150. The van der Waals surface area contributed by atoms with E-state index < -0.39 is 27.0 Å². The molecule has 166 valence electrons. The fraction of sp³-hybridized carbons (Fsp3) is 0.211. The molecule has 0 atom stereocenters. The SMILES string of the molecule is N#CC1(NS(=O)(=O)c2cc(C#Cc3cncs3)c3cnc(-c4nnc(C(F)F)s4)n3c2)CC1. The number of imidazole rings is 1. The number of aromatic nitrogens is 5. The summed E-state index contributed by atoms with van der Waals surface area (Å²) in [5, 5.41) is 16.2. The molecule has 14 heteroatoms. The molecule has 0 radical (unpaired) electrons. The third kappa shape index (κ3) is 4.09. The van der Waals surface area contributed by atoms with Crippen molar-refractivity contribution in [3.63, 3.8) is 0 Å². The lowest BCUT2D eigenvalue weighted by Gasteiger charge is -2.12. The number of pyridine rings is 1. The average Bonchev–Trinajstić information content (AvgIpc) is 3.22. The van der Waals surface area contributed by atoms with Crippen molar-refractivity contribution in [2.75, 3.05) is 0 Å². The highest BCUT2D eigenvalue weighted by atomic mass is 32.2. The number of hydrogen-bond acceptors (Lipinski definition) is 9. The largest absolute Gasteiger partial charge is 0.295 e. The first kappa shape index (κ1) is 21.5. The van der Waals surface area contributed by atoms with E-state index in [1.54, 1.807) is 11.7 Å². The Hall–Kier alpha value is -3.30. The van der Waals surface area contributed by atoms with E-state index in [-0.39, 0.29) is 15.7 Å². The molecule has 1 aliphatic carbocycles. The first-order valence-electron chi connectivity index (χ1n) is 9.29. The fourth-order valence-electron chi connectivity index (χ4n) is 2.97. The smallest absolute Gasteiger partial charge is 0.291 e. The Morgan fingerprint density at radius 3 is 2.70 bits per heavy atom. The molecule has 0 spiro atoms. The van der Waals surface area contributed by atoms with Gasteiger partial charge in [0, 0.05) is 6.20 Å². The molecule has 0 aliphatic heterocycles. The van der Waals surface area contributed by atoms with Gasteiger partial charge in [0.05, 0.1) is 44.8 Å². The van der Waals surface area contributed by atoms with Gasteiger partial charge in [0.15, 0.2) is 15.8 Å². The zero-order valence-electron chi connectivity index (χ0n) is 16.4. The topological polar surface area (TPSA) is 126 Å². The Bertz CT molecular complexity index is 1570. The number of thiazole rings is 1. The Morgan fingerprint density at radius 2 is 2.06 bits per heavy atom. The van der Waals surface area contributed by atoms with Crippen LogP contribution in [0.1, 0.15) is 34.7 Å². The van der Waals surface area contributed by atoms with Crippen LogP contribution < -0.4 is 4.72 Å². The quantitative estimate of drug-likeness (QED) is 0.415. The fourth-order valence-corrected chi connectivity index (χ4v) is 5.53. The Kier molecular flexibility index (Phi) is 5.18. The van der Waals surface area contributed by atoms with Gasteiger partial charge in [-0.2, -0.15) is 9.98 Å². The van der Waals surface area contributed by atoms with Crippen molar-refractivity contribution < 1.29 is 17.2 Å². The third-order valence-electron chi connectivity index (χ3n) is 4.79. The molecule has 5 rings (SSSR count). The van der Waals surface area contributed by atoms with Crippen molar-refractivity contribution in [2.45, 2.75) is 29.7 Å². The number of sulfonamides is 1. The molecular formula is C19H11F2N7O2S3. The van der Waals surface area contributed by atoms with E-state index in [2.05, 4.69) is 36.7 Å². The van der Waals surface area contributed by atoms with Crippen molar-refractivity contribution >= 4 is 38.2 Å². The molecular weight excluding hydrogens is 492 g/mol. The van der Waals surface area contributed by atoms with E-state index in [0.29, 0.717) is 40.1 Å². The van der Waals surface area contributed by atoms with Gasteiger partial charge >= 0.3 is 0 Å². The summed E-state index contributed by atoms with van der Waals surface area (Å²) in [5.41, 5.74) is 1.29. The van der Waals surface area contributed by atoms with E-state index in [1.165, 1.54) is 34.2 Å². The summed E-state index contributed by atoms with van der Waals surface area (Å²) in [7, 11) is -4.09. The minimum absolute atomic E-state index is 0.102. The van der Waals surface area contributed by atoms with Crippen molar-refractivity contribution in [1.82, 2.24) is 29.3 Å². The van der Waals surface area contributed by atoms with Crippen LogP contribution in [0, 0.1) is 23.2 Å². The predicted molar refractivity (Wildman–Crippen MR) is 115 cm³/mol. The predicted octanol–water partition coefficient (Wildman–Crippen LogP) is 2.98. The molecule has 0 bridgehead atoms. The lowest BCUT2D eigenvalue weighted by atomic mass is 10.2. The maximum atomic E-state index is 13.1. The summed E-state index contributed by atoms with van der Waals surface area (Å²) < 4.78 is 56.0. The van der Waals surface area contributed by atoms with Crippen LogP contribution in [0.15, 0.2) is 35.1 Å². The molecule has 4 heterocycles. The number of rotatable bonds is 5. The minimum Gasteiger partial charge on any atom is -0.295 e. The first-order chi connectivity index (χ1) is 15.8. The zero-order chi connectivity index (χ0) is 23.2. The summed E-state index contributed by atoms with van der Waals surface area (Å²) in [4.78, 5) is 8.73. The maximum Gasteiger partial charge on any atom is 0.291 e. The van der Waals surface area contributed by atoms with Crippen LogP contribution in [0.5, 0.6) is 0 Å². The monoisotopic (exact) mass is 503 g/mol. The van der Waals surface area contributed by atoms with Gasteiger partial charge in [-0.25, -0.2) is 22.2 Å². The molecule has 9 nitrogen and oxygen atoms in total. The van der Waals surface area contributed by atoms with E-state index in [0.717, 1.165) is 0 Å². The van der Waals surface area contributed by atoms with Crippen LogP contribution in [0.25, 0.3) is 16.3 Å². The van der Waals surface area contributed by atoms with Crippen molar-refractivity contribution in [3.05, 3.63) is 45.6 Å². The molecule has 0 amide bonds. The summed E-state index contributed by atoms with van der Waals surface area (Å²) in [5.74, 6) is 6.00. The molecule has 0 saturated heterocycles. The van der Waals surface area contributed by atoms with Crippen LogP contribution in [-0.2, 0) is 10.0 Å². The Balaban J connectivity index is 1.68. The lowest BCUT2D eigenvalue weighted by Crippen LogP contribution is -2.35. The zero-order valence-corrected chi connectivity index (χ0v) is 18.8. The van der Waals surface area contributed by atoms with Gasteiger partial charge in [-0.15, -0.1) is 21.5 Å². The van der Waals surface area contributed by atoms with Gasteiger partial charge < -0.3 is 0 Å². The molecule has 33 heavy (non-hydrogen) atoms. The summed E-state index contributed by atoms with van der Waals surface area (Å²) in [6, 6.07) is 3.37. The van der Waals surface area contributed by atoms with Crippen LogP contribution in [0.4, 0.5) is 8.78 Å². The highest BCUT2D eigenvalue weighted by molar-refractivity contribution is 7.89. The summed E-state index contributed by atoms with van der Waals surface area (Å²) in [6.07, 6.45) is 2.38. The third-order valence-corrected chi connectivity index (χ3v) is 7.91. The number of fused-ring (bicyclic) bond motifs is 1. The highest BCUT2D eigenvalue weighted by Crippen LogP contribution is 2.36. The van der Waals surface area contributed by atoms with Crippen LogP contribution in [-0.4, -0.2) is 38.5 Å². The number of nitrogens with one attached hydrogen (secondary N) is 1. The van der Waals surface area contributed by atoms with Gasteiger partial charge in [0.1, 0.15) is 5.54 Å². The van der Waals surface area contributed by atoms with Crippen molar-refractivity contribution in [1.29, 1.82) is 5.26 Å². The number of alkyl halides is 2. The van der Waals surface area contributed by atoms with Crippen LogP contribution in [0.3, 0.4) is 0 Å².